The molecule has 0 radical (unpaired) electrons. The van der Waals surface area contributed by atoms with Gasteiger partial charge >= 0.3 is 0 Å². The Morgan fingerprint density at radius 2 is 2.23 bits per heavy atom. The second-order valence-electron chi connectivity index (χ2n) is 4.39. The van der Waals surface area contributed by atoms with Crippen molar-refractivity contribution in [2.45, 2.75) is 30.7 Å². The SMILES string of the molecule is CN(CC1CC(Cl)C1)C1CCOC1. The predicted octanol–water partition coefficient (Wildman–Crippen LogP) is 1.72. The number of rotatable bonds is 3. The van der Waals surface area contributed by atoms with Gasteiger partial charge in [-0.1, -0.05) is 0 Å². The largest absolute Gasteiger partial charge is 0.380 e. The first-order chi connectivity index (χ1) is 6.25. The molecule has 2 nitrogen and oxygen atoms in total. The molecule has 0 aromatic heterocycles. The van der Waals surface area contributed by atoms with Gasteiger partial charge in [0.15, 0.2) is 0 Å². The maximum Gasteiger partial charge on any atom is 0.0622 e. The summed E-state index contributed by atoms with van der Waals surface area (Å²) in [5.74, 6) is 0.841. The van der Waals surface area contributed by atoms with Gasteiger partial charge in [0.2, 0.25) is 0 Å². The molecule has 76 valence electrons. The summed E-state index contributed by atoms with van der Waals surface area (Å²) in [4.78, 5) is 2.44. The second-order valence-corrected chi connectivity index (χ2v) is 5.01. The van der Waals surface area contributed by atoms with Gasteiger partial charge in [-0.15, -0.1) is 11.6 Å². The van der Waals surface area contributed by atoms with Gasteiger partial charge in [0.1, 0.15) is 0 Å². The van der Waals surface area contributed by atoms with E-state index in [1.807, 2.05) is 0 Å². The van der Waals surface area contributed by atoms with Crippen molar-refractivity contribution in [2.24, 2.45) is 5.92 Å². The summed E-state index contributed by atoms with van der Waals surface area (Å²) in [6, 6.07) is 0.661. The zero-order valence-electron chi connectivity index (χ0n) is 8.21. The minimum atomic E-state index is 0.457. The second kappa shape index (κ2) is 4.16. The van der Waals surface area contributed by atoms with E-state index in [9.17, 15) is 0 Å². The minimum Gasteiger partial charge on any atom is -0.380 e. The lowest BCUT2D eigenvalue weighted by Crippen LogP contribution is -2.40. The fourth-order valence-electron chi connectivity index (χ4n) is 2.23. The van der Waals surface area contributed by atoms with Crippen LogP contribution >= 0.6 is 11.6 Å². The normalized spacial score (nSPS) is 39.5. The summed E-state index contributed by atoms with van der Waals surface area (Å²) in [5.41, 5.74) is 0. The quantitative estimate of drug-likeness (QED) is 0.648. The highest BCUT2D eigenvalue weighted by Gasteiger charge is 2.30. The lowest BCUT2D eigenvalue weighted by molar-refractivity contribution is 0.133. The molecule has 2 rings (SSSR count). The van der Waals surface area contributed by atoms with Gasteiger partial charge in [0, 0.05) is 24.6 Å². The first-order valence-electron chi connectivity index (χ1n) is 5.17. The van der Waals surface area contributed by atoms with Crippen molar-refractivity contribution in [3.8, 4) is 0 Å². The van der Waals surface area contributed by atoms with Crippen LogP contribution in [0.25, 0.3) is 0 Å². The Morgan fingerprint density at radius 3 is 2.77 bits per heavy atom. The minimum absolute atomic E-state index is 0.457. The van der Waals surface area contributed by atoms with Crippen molar-refractivity contribution < 1.29 is 4.74 Å². The number of hydrogen-bond acceptors (Lipinski definition) is 2. The van der Waals surface area contributed by atoms with E-state index < -0.39 is 0 Å². The van der Waals surface area contributed by atoms with Crippen LogP contribution in [0.3, 0.4) is 0 Å². The number of ether oxygens (including phenoxy) is 1. The van der Waals surface area contributed by atoms with Crippen molar-refractivity contribution in [3.05, 3.63) is 0 Å². The van der Waals surface area contributed by atoms with Gasteiger partial charge in [-0.3, -0.25) is 0 Å². The zero-order valence-corrected chi connectivity index (χ0v) is 8.96. The Morgan fingerprint density at radius 1 is 1.46 bits per heavy atom. The average molecular weight is 204 g/mol. The molecule has 2 aliphatic rings. The molecule has 13 heavy (non-hydrogen) atoms. The molecule has 0 bridgehead atoms. The summed E-state index contributed by atoms with van der Waals surface area (Å²) in [6.07, 6.45) is 3.62. The Labute approximate surface area is 85.2 Å². The smallest absolute Gasteiger partial charge is 0.0622 e. The molecule has 1 atom stereocenters. The molecule has 0 spiro atoms. The van der Waals surface area contributed by atoms with Crippen LogP contribution in [0, 0.1) is 5.92 Å². The molecule has 1 heterocycles. The number of alkyl halides is 1. The Kier molecular flexibility index (Phi) is 3.12. The molecule has 3 heteroatoms. The maximum absolute atomic E-state index is 5.94. The highest BCUT2D eigenvalue weighted by molar-refractivity contribution is 6.21. The van der Waals surface area contributed by atoms with Gasteiger partial charge in [-0.05, 0) is 32.2 Å². The predicted molar refractivity (Wildman–Crippen MR) is 54.2 cm³/mol. The highest BCUT2D eigenvalue weighted by atomic mass is 35.5. The Bertz CT molecular complexity index is 164. The zero-order chi connectivity index (χ0) is 9.26. The van der Waals surface area contributed by atoms with Gasteiger partial charge in [-0.25, -0.2) is 0 Å². The number of hydrogen-bond donors (Lipinski definition) is 0. The van der Waals surface area contributed by atoms with Gasteiger partial charge in [0.25, 0.3) is 0 Å². The third-order valence-corrected chi connectivity index (χ3v) is 3.61. The Balaban J connectivity index is 1.68. The fourth-order valence-corrected chi connectivity index (χ4v) is 2.73. The van der Waals surface area contributed by atoms with Gasteiger partial charge in [-0.2, -0.15) is 0 Å². The molecule has 1 saturated carbocycles. The molecule has 0 aromatic carbocycles. The van der Waals surface area contributed by atoms with Crippen LogP contribution in [-0.2, 0) is 4.74 Å². The summed E-state index contributed by atoms with van der Waals surface area (Å²) in [7, 11) is 2.21. The first kappa shape index (κ1) is 9.75. The standard InChI is InChI=1S/C10H18ClNO/c1-12(10-2-3-13-7-10)6-8-4-9(11)5-8/h8-10H,2-7H2,1H3. The van der Waals surface area contributed by atoms with Crippen LogP contribution in [0.15, 0.2) is 0 Å². The van der Waals surface area contributed by atoms with E-state index in [0.717, 1.165) is 19.1 Å². The van der Waals surface area contributed by atoms with Gasteiger partial charge in [0.05, 0.1) is 6.61 Å². The average Bonchev–Trinajstić information content (AvgIpc) is 2.53. The third-order valence-electron chi connectivity index (χ3n) is 3.25. The topological polar surface area (TPSA) is 12.5 Å². The fraction of sp³-hybridized carbons (Fsp3) is 1.00. The van der Waals surface area contributed by atoms with Crippen molar-refractivity contribution >= 4 is 11.6 Å². The molecular formula is C10H18ClNO. The molecule has 2 fully saturated rings. The van der Waals surface area contributed by atoms with E-state index in [-0.39, 0.29) is 0 Å². The molecule has 1 unspecified atom stereocenters. The van der Waals surface area contributed by atoms with Crippen molar-refractivity contribution in [2.75, 3.05) is 26.8 Å². The van der Waals surface area contributed by atoms with Gasteiger partial charge < -0.3 is 9.64 Å². The maximum atomic E-state index is 5.94. The molecule has 0 N–H and O–H groups in total. The number of halogens is 1. The lowest BCUT2D eigenvalue weighted by atomic mass is 9.84. The van der Waals surface area contributed by atoms with E-state index >= 15 is 0 Å². The molecule has 0 aromatic rings. The van der Waals surface area contributed by atoms with Crippen LogP contribution in [0.5, 0.6) is 0 Å². The van der Waals surface area contributed by atoms with E-state index in [4.69, 9.17) is 16.3 Å². The molecule has 1 saturated heterocycles. The summed E-state index contributed by atoms with van der Waals surface area (Å²) < 4.78 is 5.36. The monoisotopic (exact) mass is 203 g/mol. The van der Waals surface area contributed by atoms with E-state index in [0.29, 0.717) is 11.4 Å². The molecular weight excluding hydrogens is 186 g/mol. The third kappa shape index (κ3) is 2.36. The van der Waals surface area contributed by atoms with Crippen LogP contribution in [0.2, 0.25) is 0 Å². The summed E-state index contributed by atoms with van der Waals surface area (Å²) in [6.45, 7) is 3.07. The van der Waals surface area contributed by atoms with Crippen LogP contribution in [0.4, 0.5) is 0 Å². The first-order valence-corrected chi connectivity index (χ1v) is 5.61. The Hall–Kier alpha value is 0.210. The van der Waals surface area contributed by atoms with Crippen LogP contribution < -0.4 is 0 Å². The molecule has 1 aliphatic heterocycles. The summed E-state index contributed by atoms with van der Waals surface area (Å²) in [5, 5.41) is 0.457. The summed E-state index contributed by atoms with van der Waals surface area (Å²) >= 11 is 5.94. The van der Waals surface area contributed by atoms with Crippen molar-refractivity contribution in [1.29, 1.82) is 0 Å². The van der Waals surface area contributed by atoms with Crippen molar-refractivity contribution in [3.63, 3.8) is 0 Å². The van der Waals surface area contributed by atoms with Crippen LogP contribution in [-0.4, -0.2) is 43.1 Å². The number of likely N-dealkylation sites (N-methyl/N-ethyl adjacent to an activating group) is 1. The lowest BCUT2D eigenvalue weighted by Gasteiger charge is -2.35. The van der Waals surface area contributed by atoms with E-state index in [2.05, 4.69) is 11.9 Å². The van der Waals surface area contributed by atoms with E-state index in [1.54, 1.807) is 0 Å². The van der Waals surface area contributed by atoms with Crippen LogP contribution in [0.1, 0.15) is 19.3 Å². The molecule has 0 amide bonds. The molecule has 1 aliphatic carbocycles. The highest BCUT2D eigenvalue weighted by Crippen LogP contribution is 2.32. The number of nitrogens with zero attached hydrogens (tertiary/aromatic N) is 1. The van der Waals surface area contributed by atoms with E-state index in [1.165, 1.54) is 25.8 Å². The van der Waals surface area contributed by atoms with Crippen molar-refractivity contribution in [1.82, 2.24) is 4.90 Å².